The Morgan fingerprint density at radius 1 is 1.47 bits per heavy atom. The second-order valence-electron chi connectivity index (χ2n) is 3.63. The van der Waals surface area contributed by atoms with Crippen molar-refractivity contribution in [2.45, 2.75) is 5.03 Å². The van der Waals surface area contributed by atoms with E-state index in [-0.39, 0.29) is 10.6 Å². The number of nitriles is 1. The van der Waals surface area contributed by atoms with E-state index in [4.69, 9.17) is 15.1 Å². The number of nitrogens with zero attached hydrogens (tertiary/aromatic N) is 3. The average Bonchev–Trinajstić information content (AvgIpc) is 2.82. The molecule has 1 aromatic heterocycles. The van der Waals surface area contributed by atoms with Crippen molar-refractivity contribution in [2.75, 3.05) is 7.11 Å². The Bertz CT molecular complexity index is 758. The predicted octanol–water partition coefficient (Wildman–Crippen LogP) is 0.400. The van der Waals surface area contributed by atoms with Crippen LogP contribution in [0, 0.1) is 11.3 Å². The summed E-state index contributed by atoms with van der Waals surface area (Å²) in [6, 6.07) is 8.34. The van der Waals surface area contributed by atoms with E-state index in [0.29, 0.717) is 11.4 Å². The lowest BCUT2D eigenvalue weighted by Gasteiger charge is -2.07. The fraction of sp³-hybridized carbons (Fsp3) is 0.0909. The van der Waals surface area contributed by atoms with E-state index in [1.807, 2.05) is 0 Å². The molecule has 0 unspecified atom stereocenters. The zero-order chi connectivity index (χ0) is 14.0. The van der Waals surface area contributed by atoms with Crippen molar-refractivity contribution >= 4 is 10.0 Å². The van der Waals surface area contributed by atoms with Gasteiger partial charge in [-0.05, 0) is 12.1 Å². The van der Waals surface area contributed by atoms with Crippen molar-refractivity contribution in [1.82, 2.24) is 9.78 Å². The molecule has 2 rings (SSSR count). The number of nitrogens with two attached hydrogens (primary N) is 1. The minimum Gasteiger partial charge on any atom is -0.497 e. The number of ether oxygens (including phenoxy) is 1. The topological polar surface area (TPSA) is 111 Å². The summed E-state index contributed by atoms with van der Waals surface area (Å²) in [5.74, 6) is 0.534. The quantitative estimate of drug-likeness (QED) is 0.873. The van der Waals surface area contributed by atoms with Gasteiger partial charge in [-0.3, -0.25) is 0 Å². The lowest BCUT2D eigenvalue weighted by molar-refractivity contribution is 0.414. The number of sulfonamides is 1. The predicted molar refractivity (Wildman–Crippen MR) is 66.2 cm³/mol. The lowest BCUT2D eigenvalue weighted by Crippen LogP contribution is -2.18. The molecule has 98 valence electrons. The van der Waals surface area contributed by atoms with Gasteiger partial charge in [-0.15, -0.1) is 0 Å². The van der Waals surface area contributed by atoms with E-state index < -0.39 is 10.0 Å². The van der Waals surface area contributed by atoms with Crippen LogP contribution in [0.15, 0.2) is 35.5 Å². The Balaban J connectivity index is 2.70. The third-order valence-corrected chi connectivity index (χ3v) is 3.34. The fourth-order valence-electron chi connectivity index (χ4n) is 1.61. The Morgan fingerprint density at radius 3 is 2.79 bits per heavy atom. The van der Waals surface area contributed by atoms with Crippen LogP contribution in [0.5, 0.6) is 5.75 Å². The number of hydrogen-bond acceptors (Lipinski definition) is 5. The Labute approximate surface area is 109 Å². The van der Waals surface area contributed by atoms with Gasteiger partial charge < -0.3 is 4.74 Å². The van der Waals surface area contributed by atoms with Crippen LogP contribution in [0.3, 0.4) is 0 Å². The van der Waals surface area contributed by atoms with Crippen LogP contribution in [0.4, 0.5) is 0 Å². The monoisotopic (exact) mass is 278 g/mol. The molecule has 0 fully saturated rings. The van der Waals surface area contributed by atoms with Crippen molar-refractivity contribution in [1.29, 1.82) is 5.26 Å². The summed E-state index contributed by atoms with van der Waals surface area (Å²) in [4.78, 5) is 0. The van der Waals surface area contributed by atoms with Gasteiger partial charge >= 0.3 is 0 Å². The van der Waals surface area contributed by atoms with Gasteiger partial charge in [0, 0.05) is 6.07 Å². The number of primary sulfonamides is 1. The minimum atomic E-state index is -4.06. The molecule has 0 saturated carbocycles. The zero-order valence-corrected chi connectivity index (χ0v) is 10.8. The van der Waals surface area contributed by atoms with Crippen LogP contribution in [0.25, 0.3) is 5.69 Å². The summed E-state index contributed by atoms with van der Waals surface area (Å²) < 4.78 is 29.3. The van der Waals surface area contributed by atoms with E-state index in [0.717, 1.165) is 10.9 Å². The normalized spacial score (nSPS) is 11.0. The van der Waals surface area contributed by atoms with Gasteiger partial charge in [0.1, 0.15) is 17.4 Å². The van der Waals surface area contributed by atoms with Crippen molar-refractivity contribution in [2.24, 2.45) is 5.14 Å². The van der Waals surface area contributed by atoms with Crippen molar-refractivity contribution < 1.29 is 13.2 Å². The third-order valence-electron chi connectivity index (χ3n) is 2.41. The first-order valence-corrected chi connectivity index (χ1v) is 6.67. The maximum absolute atomic E-state index is 11.6. The lowest BCUT2D eigenvalue weighted by atomic mass is 10.3. The molecule has 0 aliphatic rings. The van der Waals surface area contributed by atoms with Gasteiger partial charge in [0.25, 0.3) is 10.0 Å². The Hall–Kier alpha value is -2.37. The van der Waals surface area contributed by atoms with E-state index in [9.17, 15) is 8.42 Å². The number of rotatable bonds is 3. The average molecular weight is 278 g/mol. The number of aromatic nitrogens is 2. The number of benzene rings is 1. The molecule has 2 N–H and O–H groups in total. The Kier molecular flexibility index (Phi) is 3.25. The molecule has 7 nitrogen and oxygen atoms in total. The molecule has 0 aliphatic heterocycles. The molecular formula is C11H10N4O3S. The molecule has 8 heteroatoms. The molecule has 19 heavy (non-hydrogen) atoms. The minimum absolute atomic E-state index is 0.106. The van der Waals surface area contributed by atoms with E-state index in [2.05, 4.69) is 5.10 Å². The SMILES string of the molecule is COc1cccc(-n2ncc(C#N)c2S(N)(=O)=O)c1. The first-order chi connectivity index (χ1) is 8.97. The smallest absolute Gasteiger partial charge is 0.257 e. The Morgan fingerprint density at radius 2 is 2.21 bits per heavy atom. The molecule has 1 heterocycles. The number of methoxy groups -OCH3 is 1. The van der Waals surface area contributed by atoms with Crippen LogP contribution in [0.1, 0.15) is 5.56 Å². The molecule has 0 bridgehead atoms. The van der Waals surface area contributed by atoms with Crippen LogP contribution in [0.2, 0.25) is 0 Å². The summed E-state index contributed by atoms with van der Waals surface area (Å²) in [5.41, 5.74) is 0.329. The molecule has 0 saturated heterocycles. The largest absolute Gasteiger partial charge is 0.497 e. The second kappa shape index (κ2) is 4.72. The summed E-state index contributed by atoms with van der Waals surface area (Å²) in [5, 5.41) is 17.5. The van der Waals surface area contributed by atoms with E-state index in [1.165, 1.54) is 7.11 Å². The molecule has 0 spiro atoms. The standard InChI is InChI=1S/C11H10N4O3S/c1-18-10-4-2-3-9(5-10)15-11(19(13,16)17)8(6-12)7-14-15/h2-5,7H,1H3,(H2,13,16,17). The van der Waals surface area contributed by atoms with Crippen LogP contribution in [-0.2, 0) is 10.0 Å². The highest BCUT2D eigenvalue weighted by molar-refractivity contribution is 7.89. The second-order valence-corrected chi connectivity index (χ2v) is 5.11. The third kappa shape index (κ3) is 2.42. The summed E-state index contributed by atoms with van der Waals surface area (Å²) in [6.07, 6.45) is 1.15. The van der Waals surface area contributed by atoms with Crippen molar-refractivity contribution in [3.8, 4) is 17.5 Å². The summed E-state index contributed by atoms with van der Waals surface area (Å²) in [7, 11) is -2.57. The van der Waals surface area contributed by atoms with Crippen LogP contribution in [-0.4, -0.2) is 25.3 Å². The summed E-state index contributed by atoms with van der Waals surface area (Å²) in [6.45, 7) is 0. The zero-order valence-electron chi connectivity index (χ0n) is 9.94. The van der Waals surface area contributed by atoms with Crippen LogP contribution < -0.4 is 9.88 Å². The molecule has 0 radical (unpaired) electrons. The van der Waals surface area contributed by atoms with Gasteiger partial charge in [-0.25, -0.2) is 18.2 Å². The molecule has 2 aromatic rings. The molecular weight excluding hydrogens is 268 g/mol. The van der Waals surface area contributed by atoms with Crippen molar-refractivity contribution in [3.05, 3.63) is 36.0 Å². The van der Waals surface area contributed by atoms with E-state index in [1.54, 1.807) is 30.3 Å². The van der Waals surface area contributed by atoms with Crippen molar-refractivity contribution in [3.63, 3.8) is 0 Å². The highest BCUT2D eigenvalue weighted by atomic mass is 32.2. The molecule has 0 aliphatic carbocycles. The first-order valence-electron chi connectivity index (χ1n) is 5.12. The maximum Gasteiger partial charge on any atom is 0.257 e. The van der Waals surface area contributed by atoms with E-state index >= 15 is 0 Å². The molecule has 0 amide bonds. The van der Waals surface area contributed by atoms with Gasteiger partial charge in [0.2, 0.25) is 0 Å². The van der Waals surface area contributed by atoms with Gasteiger partial charge in [-0.1, -0.05) is 6.07 Å². The first kappa shape index (κ1) is 13.1. The number of hydrogen-bond donors (Lipinski definition) is 1. The fourth-order valence-corrected chi connectivity index (χ4v) is 2.41. The highest BCUT2D eigenvalue weighted by Gasteiger charge is 2.22. The molecule has 1 aromatic carbocycles. The van der Waals surface area contributed by atoms with Gasteiger partial charge in [0.05, 0.1) is 19.0 Å². The van der Waals surface area contributed by atoms with Gasteiger partial charge in [-0.2, -0.15) is 10.4 Å². The maximum atomic E-state index is 11.6. The summed E-state index contributed by atoms with van der Waals surface area (Å²) >= 11 is 0. The van der Waals surface area contributed by atoms with Crippen LogP contribution >= 0.6 is 0 Å². The highest BCUT2D eigenvalue weighted by Crippen LogP contribution is 2.21. The molecule has 0 atom stereocenters. The van der Waals surface area contributed by atoms with Gasteiger partial charge in [0.15, 0.2) is 5.03 Å².